The summed E-state index contributed by atoms with van der Waals surface area (Å²) in [6.45, 7) is 0.695. The van der Waals surface area contributed by atoms with E-state index in [-0.39, 0.29) is 23.7 Å². The summed E-state index contributed by atoms with van der Waals surface area (Å²) in [5.41, 5.74) is -0.221. The van der Waals surface area contributed by atoms with Crippen LogP contribution >= 0.6 is 0 Å². The van der Waals surface area contributed by atoms with Gasteiger partial charge in [-0.1, -0.05) is 30.3 Å². The van der Waals surface area contributed by atoms with E-state index in [4.69, 9.17) is 0 Å². The van der Waals surface area contributed by atoms with Crippen LogP contribution in [-0.4, -0.2) is 47.9 Å². The highest BCUT2D eigenvalue weighted by molar-refractivity contribution is 7.88. The molecule has 1 saturated heterocycles. The molecule has 1 aliphatic carbocycles. The Morgan fingerprint density at radius 3 is 2.23 bits per heavy atom. The van der Waals surface area contributed by atoms with Crippen molar-refractivity contribution in [1.82, 2.24) is 14.3 Å². The molecule has 2 aliphatic rings. The topological polar surface area (TPSA) is 66.4 Å². The van der Waals surface area contributed by atoms with Gasteiger partial charge in [-0.05, 0) is 31.2 Å². The van der Waals surface area contributed by atoms with Gasteiger partial charge in [0.25, 0.3) is 0 Å². The summed E-state index contributed by atoms with van der Waals surface area (Å²) in [6, 6.07) is 10.1. The Hall–Kier alpha value is -2.20. The summed E-state index contributed by atoms with van der Waals surface area (Å²) in [5, 5.41) is 0. The van der Waals surface area contributed by atoms with E-state index in [1.54, 1.807) is 12.1 Å². The van der Waals surface area contributed by atoms with Crippen LogP contribution in [0.4, 0.5) is 19.0 Å². The summed E-state index contributed by atoms with van der Waals surface area (Å²) >= 11 is 0. The third kappa shape index (κ3) is 4.75. The van der Waals surface area contributed by atoms with Crippen LogP contribution in [0.5, 0.6) is 0 Å². The van der Waals surface area contributed by atoms with Crippen molar-refractivity contribution in [2.45, 2.75) is 49.7 Å². The summed E-state index contributed by atoms with van der Waals surface area (Å²) in [7, 11) is -3.44. The van der Waals surface area contributed by atoms with Crippen LogP contribution in [0.25, 0.3) is 0 Å². The molecular formula is C20H23F3N4O2S. The Bertz CT molecular complexity index is 973. The maximum Gasteiger partial charge on any atom is 0.433 e. The molecule has 0 unspecified atom stereocenters. The van der Waals surface area contributed by atoms with Crippen molar-refractivity contribution in [2.24, 2.45) is 0 Å². The normalized spacial score (nSPS) is 19.0. The molecule has 0 amide bonds. The minimum Gasteiger partial charge on any atom is -0.350 e. The van der Waals surface area contributed by atoms with Crippen LogP contribution < -0.4 is 4.90 Å². The average Bonchev–Trinajstić information content (AvgIpc) is 3.54. The van der Waals surface area contributed by atoms with Crippen LogP contribution in [0.1, 0.15) is 36.9 Å². The van der Waals surface area contributed by atoms with Crippen LogP contribution in [0.3, 0.4) is 0 Å². The Balaban J connectivity index is 1.46. The van der Waals surface area contributed by atoms with E-state index in [1.807, 2.05) is 23.1 Å². The highest BCUT2D eigenvalue weighted by atomic mass is 32.2. The smallest absolute Gasteiger partial charge is 0.350 e. The van der Waals surface area contributed by atoms with E-state index in [0.29, 0.717) is 25.9 Å². The van der Waals surface area contributed by atoms with Gasteiger partial charge < -0.3 is 4.90 Å². The van der Waals surface area contributed by atoms with Gasteiger partial charge in [0.2, 0.25) is 10.0 Å². The quantitative estimate of drug-likeness (QED) is 0.688. The molecule has 2 aromatic rings. The van der Waals surface area contributed by atoms with E-state index in [2.05, 4.69) is 9.97 Å². The van der Waals surface area contributed by atoms with E-state index in [9.17, 15) is 21.6 Å². The van der Waals surface area contributed by atoms with Gasteiger partial charge in [-0.2, -0.15) is 13.2 Å². The molecule has 2 fully saturated rings. The van der Waals surface area contributed by atoms with E-state index < -0.39 is 21.9 Å². The third-order valence-corrected chi connectivity index (χ3v) is 7.40. The highest BCUT2D eigenvalue weighted by Gasteiger charge is 2.40. The maximum absolute atomic E-state index is 13.1. The first-order chi connectivity index (χ1) is 14.2. The number of rotatable bonds is 6. The van der Waals surface area contributed by atoms with E-state index >= 15 is 0 Å². The van der Waals surface area contributed by atoms with Crippen LogP contribution in [0.15, 0.2) is 42.7 Å². The first-order valence-electron chi connectivity index (χ1n) is 9.93. The molecule has 0 bridgehead atoms. The van der Waals surface area contributed by atoms with Gasteiger partial charge >= 0.3 is 6.18 Å². The monoisotopic (exact) mass is 440 g/mol. The molecule has 2 heterocycles. The minimum absolute atomic E-state index is 0.0448. The molecule has 0 atom stereocenters. The lowest BCUT2D eigenvalue weighted by Gasteiger charge is -2.39. The second-order valence-corrected chi connectivity index (χ2v) is 9.74. The second kappa shape index (κ2) is 8.14. The number of nitrogens with zero attached hydrogens (tertiary/aromatic N) is 4. The number of alkyl halides is 3. The number of hydrogen-bond acceptors (Lipinski definition) is 5. The lowest BCUT2D eigenvalue weighted by Crippen LogP contribution is -2.48. The number of anilines is 1. The molecule has 4 rings (SSSR count). The summed E-state index contributed by atoms with van der Waals surface area (Å²) in [5.74, 6) is 0.219. The molecule has 1 aliphatic heterocycles. The number of hydrogen-bond donors (Lipinski definition) is 0. The van der Waals surface area contributed by atoms with Gasteiger partial charge in [0.1, 0.15) is 17.8 Å². The van der Waals surface area contributed by atoms with Crippen molar-refractivity contribution < 1.29 is 21.6 Å². The van der Waals surface area contributed by atoms with Crippen molar-refractivity contribution in [1.29, 1.82) is 0 Å². The molecule has 1 saturated carbocycles. The van der Waals surface area contributed by atoms with Crippen molar-refractivity contribution in [2.75, 3.05) is 18.0 Å². The molecule has 0 radical (unpaired) electrons. The predicted molar refractivity (Wildman–Crippen MR) is 106 cm³/mol. The third-order valence-electron chi connectivity index (χ3n) is 5.55. The van der Waals surface area contributed by atoms with Gasteiger partial charge in [0.05, 0.1) is 5.75 Å². The molecule has 10 heteroatoms. The maximum atomic E-state index is 13.1. The van der Waals surface area contributed by atoms with Crippen LogP contribution in [0.2, 0.25) is 0 Å². The van der Waals surface area contributed by atoms with Crippen molar-refractivity contribution >= 4 is 15.8 Å². The molecule has 30 heavy (non-hydrogen) atoms. The van der Waals surface area contributed by atoms with Crippen LogP contribution in [0, 0.1) is 0 Å². The summed E-state index contributed by atoms with van der Waals surface area (Å²) < 4.78 is 66.2. The number of halogens is 3. The lowest BCUT2D eigenvalue weighted by atomic mass is 10.0. The van der Waals surface area contributed by atoms with Gasteiger partial charge in [0, 0.05) is 31.2 Å². The zero-order valence-electron chi connectivity index (χ0n) is 16.3. The molecule has 0 N–H and O–H groups in total. The molecule has 1 aromatic heterocycles. The van der Waals surface area contributed by atoms with Gasteiger partial charge in [0.15, 0.2) is 0 Å². The number of sulfonamides is 1. The Labute approximate surface area is 173 Å². The Morgan fingerprint density at radius 2 is 1.63 bits per heavy atom. The summed E-state index contributed by atoms with van der Waals surface area (Å²) in [4.78, 5) is 9.39. The van der Waals surface area contributed by atoms with Crippen molar-refractivity contribution in [3.05, 3.63) is 54.0 Å². The van der Waals surface area contributed by atoms with Crippen molar-refractivity contribution in [3.63, 3.8) is 0 Å². The van der Waals surface area contributed by atoms with Gasteiger partial charge in [-0.25, -0.2) is 22.7 Å². The Morgan fingerprint density at radius 1 is 1.00 bits per heavy atom. The van der Waals surface area contributed by atoms with E-state index in [1.165, 1.54) is 4.31 Å². The zero-order valence-corrected chi connectivity index (χ0v) is 17.1. The van der Waals surface area contributed by atoms with Gasteiger partial charge in [-0.3, -0.25) is 0 Å². The van der Waals surface area contributed by atoms with Crippen LogP contribution in [-0.2, 0) is 22.0 Å². The predicted octanol–water partition coefficient (Wildman–Crippen LogP) is 3.46. The SMILES string of the molecule is O=S(=O)(Cc1ccccc1)N1CCC(N(c2cc(C(F)(F)F)ncn2)C2CC2)CC1. The zero-order chi connectivity index (χ0) is 21.4. The van der Waals surface area contributed by atoms with Gasteiger partial charge in [-0.15, -0.1) is 0 Å². The first kappa shape index (κ1) is 21.0. The average molecular weight is 440 g/mol. The molecular weight excluding hydrogens is 417 g/mol. The first-order valence-corrected chi connectivity index (χ1v) is 11.5. The van der Waals surface area contributed by atoms with Crippen molar-refractivity contribution in [3.8, 4) is 0 Å². The number of benzene rings is 1. The number of aromatic nitrogens is 2. The van der Waals surface area contributed by atoms with E-state index in [0.717, 1.165) is 30.8 Å². The molecule has 162 valence electrons. The Kier molecular flexibility index (Phi) is 5.71. The largest absolute Gasteiger partial charge is 0.433 e. The fourth-order valence-electron chi connectivity index (χ4n) is 3.94. The fourth-order valence-corrected chi connectivity index (χ4v) is 5.51. The molecule has 6 nitrogen and oxygen atoms in total. The fraction of sp³-hybridized carbons (Fsp3) is 0.500. The molecule has 0 spiro atoms. The highest BCUT2D eigenvalue weighted by Crippen LogP contribution is 2.37. The second-order valence-electron chi connectivity index (χ2n) is 7.77. The lowest BCUT2D eigenvalue weighted by molar-refractivity contribution is -0.141. The minimum atomic E-state index is -4.53. The summed E-state index contributed by atoms with van der Waals surface area (Å²) in [6.07, 6.45) is -0.670. The standard InChI is InChI=1S/C20H23F3N4O2S/c21-20(22,23)18-12-19(25-14-24-18)27(16-6-7-16)17-8-10-26(11-9-17)30(28,29)13-15-4-2-1-3-5-15/h1-5,12,14,16-17H,6-11,13H2. The molecule has 1 aromatic carbocycles. The number of piperidine rings is 1.